The van der Waals surface area contributed by atoms with E-state index >= 15 is 0 Å². The third kappa shape index (κ3) is 4.03. The molecule has 0 aromatic rings. The lowest BCUT2D eigenvalue weighted by Gasteiger charge is -2.34. The SMILES string of the molecule is CSCC(C)CNC(=O)C1(C(N)=NO)CCCCC1. The molecule has 0 spiro atoms. The Morgan fingerprint density at radius 2 is 2.11 bits per heavy atom. The molecule has 1 fully saturated rings. The van der Waals surface area contributed by atoms with Gasteiger partial charge in [0.25, 0.3) is 0 Å². The second-order valence-corrected chi connectivity index (χ2v) is 6.31. The van der Waals surface area contributed by atoms with E-state index in [-0.39, 0.29) is 11.7 Å². The summed E-state index contributed by atoms with van der Waals surface area (Å²) >= 11 is 1.77. The van der Waals surface area contributed by atoms with Gasteiger partial charge in [-0.25, -0.2) is 0 Å². The molecule has 0 aromatic carbocycles. The topological polar surface area (TPSA) is 87.7 Å². The minimum absolute atomic E-state index is 0.0576. The number of carbonyl (C=O) groups is 1. The molecular formula is C13H25N3O2S. The second-order valence-electron chi connectivity index (χ2n) is 5.40. The maximum Gasteiger partial charge on any atom is 0.233 e. The summed E-state index contributed by atoms with van der Waals surface area (Å²) in [7, 11) is 0. The van der Waals surface area contributed by atoms with Crippen LogP contribution in [-0.4, -0.2) is 35.5 Å². The van der Waals surface area contributed by atoms with Crippen molar-refractivity contribution in [2.45, 2.75) is 39.0 Å². The van der Waals surface area contributed by atoms with Gasteiger partial charge in [0, 0.05) is 6.54 Å². The fourth-order valence-corrected chi connectivity index (χ4v) is 3.32. The average molecular weight is 287 g/mol. The summed E-state index contributed by atoms with van der Waals surface area (Å²) in [6.45, 7) is 2.74. The summed E-state index contributed by atoms with van der Waals surface area (Å²) in [5.74, 6) is 1.40. The summed E-state index contributed by atoms with van der Waals surface area (Å²) in [6.07, 6.45) is 6.40. The van der Waals surface area contributed by atoms with Crippen molar-refractivity contribution >= 4 is 23.5 Å². The quantitative estimate of drug-likeness (QED) is 0.301. The second kappa shape index (κ2) is 7.62. The van der Waals surface area contributed by atoms with Crippen LogP contribution < -0.4 is 11.1 Å². The maximum atomic E-state index is 12.4. The largest absolute Gasteiger partial charge is 0.409 e. The molecule has 0 aliphatic heterocycles. The molecule has 19 heavy (non-hydrogen) atoms. The van der Waals surface area contributed by atoms with Crippen LogP contribution in [0.25, 0.3) is 0 Å². The van der Waals surface area contributed by atoms with E-state index in [4.69, 9.17) is 10.9 Å². The Balaban J connectivity index is 2.67. The van der Waals surface area contributed by atoms with Crippen molar-refractivity contribution in [1.29, 1.82) is 0 Å². The highest BCUT2D eigenvalue weighted by molar-refractivity contribution is 7.98. The van der Waals surface area contributed by atoms with Gasteiger partial charge in [0.2, 0.25) is 5.91 Å². The number of thioether (sulfide) groups is 1. The molecule has 5 nitrogen and oxygen atoms in total. The van der Waals surface area contributed by atoms with Crippen LogP contribution in [0.5, 0.6) is 0 Å². The molecule has 0 aromatic heterocycles. The first-order chi connectivity index (χ1) is 9.06. The van der Waals surface area contributed by atoms with Gasteiger partial charge >= 0.3 is 0 Å². The van der Waals surface area contributed by atoms with E-state index in [1.54, 1.807) is 11.8 Å². The Hall–Kier alpha value is -0.910. The standard InChI is InChI=1S/C13H25N3O2S/c1-10(9-19-2)8-15-12(17)13(11(14)16-18)6-4-3-5-7-13/h10,18H,3-9H2,1-2H3,(H2,14,16)(H,15,17). The lowest BCUT2D eigenvalue weighted by molar-refractivity contribution is -0.129. The molecule has 4 N–H and O–H groups in total. The van der Waals surface area contributed by atoms with E-state index in [0.29, 0.717) is 25.3 Å². The molecule has 1 aliphatic rings. The van der Waals surface area contributed by atoms with E-state index in [2.05, 4.69) is 23.7 Å². The fourth-order valence-electron chi connectivity index (χ4n) is 2.63. The van der Waals surface area contributed by atoms with E-state index in [0.717, 1.165) is 25.0 Å². The Labute approximate surface area is 119 Å². The van der Waals surface area contributed by atoms with Gasteiger partial charge in [0.05, 0.1) is 0 Å². The Kier molecular flexibility index (Phi) is 6.48. The lowest BCUT2D eigenvalue weighted by atomic mass is 9.72. The summed E-state index contributed by atoms with van der Waals surface area (Å²) in [5.41, 5.74) is 4.98. The number of hydrogen-bond donors (Lipinski definition) is 3. The predicted octanol–water partition coefficient (Wildman–Crippen LogP) is 1.80. The van der Waals surface area contributed by atoms with Gasteiger partial charge in [-0.15, -0.1) is 0 Å². The molecule has 1 aliphatic carbocycles. The number of nitrogens with one attached hydrogen (secondary N) is 1. The zero-order chi connectivity index (χ0) is 14.3. The molecule has 0 saturated heterocycles. The van der Waals surface area contributed by atoms with Gasteiger partial charge < -0.3 is 16.3 Å². The molecular weight excluding hydrogens is 262 g/mol. The third-order valence-electron chi connectivity index (χ3n) is 3.80. The lowest BCUT2D eigenvalue weighted by Crippen LogP contribution is -2.51. The summed E-state index contributed by atoms with van der Waals surface area (Å²) in [6, 6.07) is 0. The third-order valence-corrected chi connectivity index (χ3v) is 4.70. The fraction of sp³-hybridized carbons (Fsp3) is 0.846. The minimum Gasteiger partial charge on any atom is -0.409 e. The molecule has 110 valence electrons. The summed E-state index contributed by atoms with van der Waals surface area (Å²) in [5, 5.41) is 15.0. The Morgan fingerprint density at radius 1 is 1.47 bits per heavy atom. The van der Waals surface area contributed by atoms with Crippen LogP contribution in [0.1, 0.15) is 39.0 Å². The van der Waals surface area contributed by atoms with Crippen molar-refractivity contribution in [1.82, 2.24) is 5.32 Å². The van der Waals surface area contributed by atoms with Gasteiger partial charge in [-0.05, 0) is 30.8 Å². The molecule has 0 heterocycles. The first-order valence-corrected chi connectivity index (χ1v) is 8.21. The first kappa shape index (κ1) is 16.1. The number of amides is 1. The van der Waals surface area contributed by atoms with E-state index in [1.807, 2.05) is 0 Å². The van der Waals surface area contributed by atoms with E-state index in [1.165, 1.54) is 0 Å². The molecule has 6 heteroatoms. The van der Waals surface area contributed by atoms with Crippen LogP contribution in [0, 0.1) is 11.3 Å². The predicted molar refractivity (Wildman–Crippen MR) is 79.5 cm³/mol. The minimum atomic E-state index is -0.800. The number of amidine groups is 1. The van der Waals surface area contributed by atoms with Gasteiger partial charge in [-0.2, -0.15) is 11.8 Å². The smallest absolute Gasteiger partial charge is 0.233 e. The number of carbonyl (C=O) groups excluding carboxylic acids is 1. The normalized spacial score (nSPS) is 20.8. The number of rotatable bonds is 6. The van der Waals surface area contributed by atoms with Gasteiger partial charge in [0.1, 0.15) is 5.41 Å². The molecule has 0 bridgehead atoms. The van der Waals surface area contributed by atoms with Crippen molar-refractivity contribution in [3.8, 4) is 0 Å². The number of hydrogen-bond acceptors (Lipinski definition) is 4. The summed E-state index contributed by atoms with van der Waals surface area (Å²) in [4.78, 5) is 12.4. The van der Waals surface area contributed by atoms with Gasteiger partial charge in [0.15, 0.2) is 5.84 Å². The zero-order valence-electron chi connectivity index (χ0n) is 11.8. The highest BCUT2D eigenvalue weighted by atomic mass is 32.2. The number of nitrogens with zero attached hydrogens (tertiary/aromatic N) is 1. The van der Waals surface area contributed by atoms with Gasteiger partial charge in [-0.1, -0.05) is 31.3 Å². The Morgan fingerprint density at radius 3 is 2.63 bits per heavy atom. The van der Waals surface area contributed by atoms with Crippen LogP contribution in [-0.2, 0) is 4.79 Å². The monoisotopic (exact) mass is 287 g/mol. The first-order valence-electron chi connectivity index (χ1n) is 6.82. The average Bonchev–Trinajstić information content (AvgIpc) is 2.44. The molecule has 1 rings (SSSR count). The highest BCUT2D eigenvalue weighted by Gasteiger charge is 2.43. The van der Waals surface area contributed by atoms with Crippen LogP contribution >= 0.6 is 11.8 Å². The maximum absolute atomic E-state index is 12.4. The molecule has 1 atom stereocenters. The summed E-state index contributed by atoms with van der Waals surface area (Å²) < 4.78 is 0. The van der Waals surface area contributed by atoms with Crippen molar-refractivity contribution in [2.24, 2.45) is 22.2 Å². The van der Waals surface area contributed by atoms with Gasteiger partial charge in [-0.3, -0.25) is 4.79 Å². The zero-order valence-corrected chi connectivity index (χ0v) is 12.6. The van der Waals surface area contributed by atoms with Crippen molar-refractivity contribution in [2.75, 3.05) is 18.6 Å². The molecule has 1 amide bonds. The van der Waals surface area contributed by atoms with Crippen molar-refractivity contribution in [3.63, 3.8) is 0 Å². The van der Waals surface area contributed by atoms with Crippen LogP contribution in [0.4, 0.5) is 0 Å². The van der Waals surface area contributed by atoms with Crippen molar-refractivity contribution < 1.29 is 10.0 Å². The molecule has 1 unspecified atom stereocenters. The van der Waals surface area contributed by atoms with Crippen LogP contribution in [0.3, 0.4) is 0 Å². The highest BCUT2D eigenvalue weighted by Crippen LogP contribution is 2.36. The van der Waals surface area contributed by atoms with Crippen molar-refractivity contribution in [3.05, 3.63) is 0 Å². The van der Waals surface area contributed by atoms with Crippen LogP contribution in [0.2, 0.25) is 0 Å². The van der Waals surface area contributed by atoms with E-state index < -0.39 is 5.41 Å². The van der Waals surface area contributed by atoms with Crippen LogP contribution in [0.15, 0.2) is 5.16 Å². The number of oxime groups is 1. The van der Waals surface area contributed by atoms with E-state index in [9.17, 15) is 4.79 Å². The molecule has 0 radical (unpaired) electrons. The Bertz CT molecular complexity index is 328. The number of nitrogens with two attached hydrogens (primary N) is 1. The molecule has 1 saturated carbocycles.